The molecule has 0 bridgehead atoms. The first-order valence-corrected chi connectivity index (χ1v) is 5.30. The minimum atomic E-state index is -4.97. The molecule has 10 heteroatoms. The molecule has 3 nitrogen and oxygen atoms in total. The van der Waals surface area contributed by atoms with Gasteiger partial charge in [0.25, 0.3) is 0 Å². The Morgan fingerprint density at radius 1 is 1.10 bits per heavy atom. The number of alkyl carbamates (subject to hydrolysis) is 1. The number of hydrogen-bond donors (Lipinski definition) is 1. The van der Waals surface area contributed by atoms with E-state index in [9.17, 15) is 31.1 Å². The highest BCUT2D eigenvalue weighted by Crippen LogP contribution is 2.39. The lowest BCUT2D eigenvalue weighted by molar-refractivity contribution is -0.143. The first-order valence-electron chi connectivity index (χ1n) is 5.30. The van der Waals surface area contributed by atoms with Gasteiger partial charge < -0.3 is 10.1 Å². The van der Waals surface area contributed by atoms with Crippen molar-refractivity contribution in [3.05, 3.63) is 34.9 Å². The van der Waals surface area contributed by atoms with Crippen LogP contribution < -0.4 is 5.32 Å². The first-order chi connectivity index (χ1) is 9.09. The van der Waals surface area contributed by atoms with Gasteiger partial charge in [0.15, 0.2) is 0 Å². The molecule has 0 aliphatic carbocycles. The number of amides is 1. The monoisotopic (exact) mass is 335 g/mol. The zero-order chi connectivity index (χ0) is 15.1. The van der Waals surface area contributed by atoms with Crippen molar-refractivity contribution in [1.29, 1.82) is 0 Å². The summed E-state index contributed by atoms with van der Waals surface area (Å²) in [6.07, 6.45) is -10.8. The second-order valence-electron chi connectivity index (χ2n) is 4.09. The fourth-order valence-corrected chi connectivity index (χ4v) is 1.83. The molecular formula is C11H8ClF6NO2. The van der Waals surface area contributed by atoms with Crippen molar-refractivity contribution in [3.8, 4) is 0 Å². The lowest BCUT2D eigenvalue weighted by Gasteiger charge is -2.18. The van der Waals surface area contributed by atoms with Crippen LogP contribution in [0.4, 0.5) is 31.1 Å². The van der Waals surface area contributed by atoms with Crippen LogP contribution >= 0.6 is 12.4 Å². The molecule has 1 saturated heterocycles. The van der Waals surface area contributed by atoms with Gasteiger partial charge >= 0.3 is 18.4 Å². The number of nitrogens with one attached hydrogen (secondary N) is 1. The zero-order valence-corrected chi connectivity index (χ0v) is 10.8. The van der Waals surface area contributed by atoms with Gasteiger partial charge in [-0.1, -0.05) is 6.07 Å². The summed E-state index contributed by atoms with van der Waals surface area (Å²) in [5, 5.41) is 2.10. The molecule has 0 unspecified atom stereocenters. The van der Waals surface area contributed by atoms with E-state index in [1.54, 1.807) is 0 Å². The molecule has 1 fully saturated rings. The number of halogens is 7. The highest BCUT2D eigenvalue weighted by Gasteiger charge is 2.40. The molecular weight excluding hydrogens is 328 g/mol. The second-order valence-corrected chi connectivity index (χ2v) is 4.09. The number of carbonyl (C=O) groups is 1. The van der Waals surface area contributed by atoms with Gasteiger partial charge in [0.05, 0.1) is 17.2 Å². The molecule has 1 amide bonds. The Hall–Kier alpha value is -1.64. The molecule has 1 aromatic carbocycles. The van der Waals surface area contributed by atoms with Crippen LogP contribution in [0.2, 0.25) is 0 Å². The maximum Gasteiger partial charge on any atom is 0.416 e. The van der Waals surface area contributed by atoms with Crippen molar-refractivity contribution < 1.29 is 35.9 Å². The molecule has 0 saturated carbocycles. The molecule has 1 aliphatic heterocycles. The van der Waals surface area contributed by atoms with E-state index in [0.29, 0.717) is 12.1 Å². The minimum absolute atomic E-state index is 0. The summed E-state index contributed by atoms with van der Waals surface area (Å²) in [5.41, 5.74) is -3.31. The molecule has 0 aromatic heterocycles. The van der Waals surface area contributed by atoms with E-state index in [0.717, 1.165) is 0 Å². The molecule has 21 heavy (non-hydrogen) atoms. The van der Waals surface area contributed by atoms with Crippen LogP contribution in [-0.2, 0) is 17.1 Å². The molecule has 1 heterocycles. The molecule has 1 aliphatic rings. The molecule has 0 radical (unpaired) electrons. The Morgan fingerprint density at radius 2 is 1.71 bits per heavy atom. The fraction of sp³-hybridized carbons (Fsp3) is 0.364. The quantitative estimate of drug-likeness (QED) is 0.790. The Bertz CT molecular complexity index is 542. The second kappa shape index (κ2) is 5.63. The van der Waals surface area contributed by atoms with Crippen LogP contribution in [0.5, 0.6) is 0 Å². The maximum absolute atomic E-state index is 12.8. The summed E-state index contributed by atoms with van der Waals surface area (Å²) in [6, 6.07) is 0.140. The highest BCUT2D eigenvalue weighted by molar-refractivity contribution is 5.85. The molecule has 0 spiro atoms. The summed E-state index contributed by atoms with van der Waals surface area (Å²) in [6.45, 7) is -0.368. The average molecular weight is 336 g/mol. The zero-order valence-electron chi connectivity index (χ0n) is 10.0. The lowest BCUT2D eigenvalue weighted by Crippen LogP contribution is -2.22. The third-order valence-corrected chi connectivity index (χ3v) is 2.73. The first kappa shape index (κ1) is 17.4. The normalized spacial score (nSPS) is 18.8. The highest BCUT2D eigenvalue weighted by atomic mass is 35.5. The number of hydrogen-bond acceptors (Lipinski definition) is 2. The van der Waals surface area contributed by atoms with Crippen molar-refractivity contribution >= 4 is 18.5 Å². The summed E-state index contributed by atoms with van der Waals surface area (Å²) in [4.78, 5) is 10.8. The number of cyclic esters (lactones) is 1. The van der Waals surface area contributed by atoms with Gasteiger partial charge in [0, 0.05) is 0 Å². The predicted octanol–water partition coefficient (Wildman–Crippen LogP) is 3.93. The standard InChI is InChI=1S/C11H7F6NO2.ClH/c12-10(13,14)5-1-2-6(7(3-5)11(15,16)17)8-4-20-9(19)18-8;/h1-3,8H,4H2,(H,18,19);1H/t8-;/m1./s1. The predicted molar refractivity (Wildman–Crippen MR) is 60.9 cm³/mol. The number of ether oxygens (including phenoxy) is 1. The van der Waals surface area contributed by atoms with Gasteiger partial charge in [-0.25, -0.2) is 4.79 Å². The fourth-order valence-electron chi connectivity index (χ4n) is 1.83. The molecule has 118 valence electrons. The van der Waals surface area contributed by atoms with Crippen LogP contribution in [0.3, 0.4) is 0 Å². The van der Waals surface area contributed by atoms with E-state index in [4.69, 9.17) is 0 Å². The Labute approximate surface area is 120 Å². The lowest BCUT2D eigenvalue weighted by atomic mass is 9.98. The van der Waals surface area contributed by atoms with Gasteiger partial charge in [-0.2, -0.15) is 26.3 Å². The molecule has 1 N–H and O–H groups in total. The van der Waals surface area contributed by atoms with E-state index in [1.165, 1.54) is 0 Å². The van der Waals surface area contributed by atoms with Crippen LogP contribution in [0, 0.1) is 0 Å². The van der Waals surface area contributed by atoms with Crippen molar-refractivity contribution in [2.24, 2.45) is 0 Å². The summed E-state index contributed by atoms with van der Waals surface area (Å²) in [7, 11) is 0. The largest absolute Gasteiger partial charge is 0.447 e. The van der Waals surface area contributed by atoms with Crippen molar-refractivity contribution in [1.82, 2.24) is 5.32 Å². The van der Waals surface area contributed by atoms with Gasteiger partial charge in [0.1, 0.15) is 6.61 Å². The SMILES string of the molecule is Cl.O=C1N[C@@H](c2ccc(C(F)(F)F)cc2C(F)(F)F)CO1. The van der Waals surface area contributed by atoms with Crippen LogP contribution in [-0.4, -0.2) is 12.7 Å². The Balaban J connectivity index is 0.00000220. The van der Waals surface area contributed by atoms with E-state index in [1.807, 2.05) is 0 Å². The van der Waals surface area contributed by atoms with Gasteiger partial charge in [-0.15, -0.1) is 12.4 Å². The summed E-state index contributed by atoms with van der Waals surface area (Å²) < 4.78 is 80.4. The number of rotatable bonds is 1. The van der Waals surface area contributed by atoms with E-state index >= 15 is 0 Å². The molecule has 1 atom stereocenters. The van der Waals surface area contributed by atoms with Gasteiger partial charge in [-0.3, -0.25) is 0 Å². The smallest absolute Gasteiger partial charge is 0.416 e. The van der Waals surface area contributed by atoms with Crippen LogP contribution in [0.25, 0.3) is 0 Å². The number of carbonyl (C=O) groups excluding carboxylic acids is 1. The van der Waals surface area contributed by atoms with E-state index < -0.39 is 41.2 Å². The van der Waals surface area contributed by atoms with Gasteiger partial charge in [-0.05, 0) is 17.7 Å². The molecule has 2 rings (SSSR count). The Kier molecular flexibility index (Phi) is 4.66. The van der Waals surface area contributed by atoms with Crippen LogP contribution in [0.1, 0.15) is 22.7 Å². The Morgan fingerprint density at radius 3 is 2.14 bits per heavy atom. The van der Waals surface area contributed by atoms with E-state index in [2.05, 4.69) is 10.1 Å². The third-order valence-electron chi connectivity index (χ3n) is 2.73. The number of alkyl halides is 6. The van der Waals surface area contributed by atoms with Gasteiger partial charge in [0.2, 0.25) is 0 Å². The van der Waals surface area contributed by atoms with Crippen molar-refractivity contribution in [2.45, 2.75) is 18.4 Å². The molecule has 1 aromatic rings. The minimum Gasteiger partial charge on any atom is -0.447 e. The maximum atomic E-state index is 12.8. The summed E-state index contributed by atoms with van der Waals surface area (Å²) >= 11 is 0. The van der Waals surface area contributed by atoms with Crippen molar-refractivity contribution in [3.63, 3.8) is 0 Å². The number of benzene rings is 1. The van der Waals surface area contributed by atoms with E-state index in [-0.39, 0.29) is 25.1 Å². The van der Waals surface area contributed by atoms with Crippen molar-refractivity contribution in [2.75, 3.05) is 6.61 Å². The van der Waals surface area contributed by atoms with Crippen LogP contribution in [0.15, 0.2) is 18.2 Å². The summed E-state index contributed by atoms with van der Waals surface area (Å²) in [5.74, 6) is 0. The topological polar surface area (TPSA) is 38.3 Å². The average Bonchev–Trinajstić information content (AvgIpc) is 2.72. The third kappa shape index (κ3) is 3.72.